The van der Waals surface area contributed by atoms with Gasteiger partial charge in [-0.05, 0) is 48.7 Å². The minimum absolute atomic E-state index is 0.0197. The summed E-state index contributed by atoms with van der Waals surface area (Å²) in [5, 5.41) is 2.73. The maximum Gasteiger partial charge on any atom is 0.248 e. The van der Waals surface area contributed by atoms with Crippen LogP contribution in [0.15, 0.2) is 65.6 Å². The zero-order chi connectivity index (χ0) is 19.1. The summed E-state index contributed by atoms with van der Waals surface area (Å²) < 4.78 is 27.8. The number of hydrogen-bond donors (Lipinski definition) is 2. The van der Waals surface area contributed by atoms with Crippen molar-refractivity contribution in [3.8, 4) is 0 Å². The molecule has 0 heterocycles. The van der Waals surface area contributed by atoms with Gasteiger partial charge in [0, 0.05) is 17.8 Å². The van der Waals surface area contributed by atoms with E-state index in [0.717, 1.165) is 31.2 Å². The Hall–Kier alpha value is -2.44. The molecule has 0 aromatic heterocycles. The first-order valence-electron chi connectivity index (χ1n) is 9.19. The van der Waals surface area contributed by atoms with Crippen LogP contribution in [0, 0.1) is 0 Å². The summed E-state index contributed by atoms with van der Waals surface area (Å²) in [4.78, 5) is 12.2. The van der Waals surface area contributed by atoms with Crippen LogP contribution in [-0.2, 0) is 14.8 Å². The summed E-state index contributed by atoms with van der Waals surface area (Å²) in [5.74, 6) is -0.269. The van der Waals surface area contributed by atoms with E-state index in [1.165, 1.54) is 24.6 Å². The number of amides is 1. The molecule has 2 N–H and O–H groups in total. The molecule has 142 valence electrons. The number of benzene rings is 2. The molecule has 1 fully saturated rings. The van der Waals surface area contributed by atoms with E-state index >= 15 is 0 Å². The standard InChI is InChI=1S/C21H24N2O3S/c24-21(16-11-17-7-3-1-4-8-17)22-18-12-14-20(15-13-18)27(25,26)23-19-9-5-2-6-10-19/h1,3-4,7-8,11-16,19,23H,2,5-6,9-10H2,(H,22,24). The molecule has 1 aliphatic rings. The number of sulfonamides is 1. The van der Waals surface area contributed by atoms with Crippen LogP contribution in [0.5, 0.6) is 0 Å². The Morgan fingerprint density at radius 1 is 0.926 bits per heavy atom. The maximum atomic E-state index is 12.5. The summed E-state index contributed by atoms with van der Waals surface area (Å²) in [6.07, 6.45) is 8.25. The maximum absolute atomic E-state index is 12.5. The van der Waals surface area contributed by atoms with E-state index in [2.05, 4.69) is 10.0 Å². The lowest BCUT2D eigenvalue weighted by Gasteiger charge is -2.22. The van der Waals surface area contributed by atoms with Crippen molar-refractivity contribution in [3.05, 3.63) is 66.2 Å². The lowest BCUT2D eigenvalue weighted by Crippen LogP contribution is -2.36. The molecule has 5 nitrogen and oxygen atoms in total. The van der Waals surface area contributed by atoms with Gasteiger partial charge in [0.2, 0.25) is 15.9 Å². The highest BCUT2D eigenvalue weighted by Crippen LogP contribution is 2.20. The molecule has 2 aromatic rings. The zero-order valence-electron chi connectivity index (χ0n) is 15.1. The molecule has 3 rings (SSSR count). The van der Waals surface area contributed by atoms with Crippen molar-refractivity contribution in [2.45, 2.75) is 43.0 Å². The molecule has 0 unspecified atom stereocenters. The number of nitrogens with one attached hydrogen (secondary N) is 2. The molecular weight excluding hydrogens is 360 g/mol. The van der Waals surface area contributed by atoms with Crippen LogP contribution < -0.4 is 10.0 Å². The molecule has 0 atom stereocenters. The lowest BCUT2D eigenvalue weighted by atomic mass is 9.96. The fourth-order valence-corrected chi connectivity index (χ4v) is 4.45. The van der Waals surface area contributed by atoms with E-state index in [1.54, 1.807) is 18.2 Å². The van der Waals surface area contributed by atoms with Gasteiger partial charge >= 0.3 is 0 Å². The average molecular weight is 385 g/mol. The van der Waals surface area contributed by atoms with Crippen LogP contribution in [-0.4, -0.2) is 20.4 Å². The van der Waals surface area contributed by atoms with Gasteiger partial charge in [-0.1, -0.05) is 49.6 Å². The Bertz CT molecular complexity index is 885. The van der Waals surface area contributed by atoms with Crippen molar-refractivity contribution in [2.24, 2.45) is 0 Å². The fourth-order valence-electron chi connectivity index (χ4n) is 3.15. The molecule has 0 bridgehead atoms. The van der Waals surface area contributed by atoms with Crippen LogP contribution in [0.3, 0.4) is 0 Å². The minimum atomic E-state index is -3.53. The highest BCUT2D eigenvalue weighted by molar-refractivity contribution is 7.89. The van der Waals surface area contributed by atoms with Crippen molar-refractivity contribution in [2.75, 3.05) is 5.32 Å². The third-order valence-corrected chi connectivity index (χ3v) is 6.12. The largest absolute Gasteiger partial charge is 0.323 e. The topological polar surface area (TPSA) is 75.3 Å². The van der Waals surface area contributed by atoms with Crippen molar-refractivity contribution in [1.82, 2.24) is 4.72 Å². The first-order chi connectivity index (χ1) is 13.0. The normalized spacial score (nSPS) is 15.7. The summed E-state index contributed by atoms with van der Waals surface area (Å²) >= 11 is 0. The molecule has 6 heteroatoms. The van der Waals surface area contributed by atoms with Gasteiger partial charge in [-0.3, -0.25) is 4.79 Å². The molecule has 1 amide bonds. The van der Waals surface area contributed by atoms with Gasteiger partial charge in [-0.15, -0.1) is 0 Å². The van der Waals surface area contributed by atoms with Crippen LogP contribution in [0.1, 0.15) is 37.7 Å². The van der Waals surface area contributed by atoms with E-state index in [-0.39, 0.29) is 16.8 Å². The molecule has 1 aliphatic carbocycles. The van der Waals surface area contributed by atoms with Gasteiger partial charge < -0.3 is 5.32 Å². The number of anilines is 1. The number of rotatable bonds is 6. The van der Waals surface area contributed by atoms with E-state index in [0.29, 0.717) is 5.69 Å². The Balaban J connectivity index is 1.59. The summed E-state index contributed by atoms with van der Waals surface area (Å²) in [7, 11) is -3.53. The number of carbonyl (C=O) groups is 1. The van der Waals surface area contributed by atoms with Crippen molar-refractivity contribution < 1.29 is 13.2 Å². The van der Waals surface area contributed by atoms with Gasteiger partial charge in [0.1, 0.15) is 0 Å². The first-order valence-corrected chi connectivity index (χ1v) is 10.7. The highest BCUT2D eigenvalue weighted by Gasteiger charge is 2.21. The lowest BCUT2D eigenvalue weighted by molar-refractivity contribution is -0.111. The minimum Gasteiger partial charge on any atom is -0.323 e. The second-order valence-electron chi connectivity index (χ2n) is 6.71. The summed E-state index contributed by atoms with van der Waals surface area (Å²) in [6, 6.07) is 15.8. The quantitative estimate of drug-likeness (QED) is 0.741. The van der Waals surface area contributed by atoms with E-state index < -0.39 is 10.0 Å². The molecular formula is C21H24N2O3S. The molecule has 0 aliphatic heterocycles. The average Bonchev–Trinajstić information content (AvgIpc) is 2.68. The van der Waals surface area contributed by atoms with Crippen LogP contribution in [0.2, 0.25) is 0 Å². The summed E-state index contributed by atoms with van der Waals surface area (Å²) in [6.45, 7) is 0. The van der Waals surface area contributed by atoms with Crippen LogP contribution >= 0.6 is 0 Å². The third-order valence-electron chi connectivity index (χ3n) is 4.59. The smallest absolute Gasteiger partial charge is 0.248 e. The van der Waals surface area contributed by atoms with Gasteiger partial charge in [0.25, 0.3) is 0 Å². The molecule has 0 radical (unpaired) electrons. The van der Waals surface area contributed by atoms with Gasteiger partial charge in [-0.2, -0.15) is 0 Å². The highest BCUT2D eigenvalue weighted by atomic mass is 32.2. The third kappa shape index (κ3) is 5.77. The Labute approximate surface area is 160 Å². The van der Waals surface area contributed by atoms with E-state index in [1.807, 2.05) is 30.3 Å². The predicted molar refractivity (Wildman–Crippen MR) is 108 cm³/mol. The summed E-state index contributed by atoms with van der Waals surface area (Å²) in [5.41, 5.74) is 1.48. The Morgan fingerprint density at radius 3 is 2.26 bits per heavy atom. The molecule has 0 saturated heterocycles. The van der Waals surface area contributed by atoms with Crippen molar-refractivity contribution in [3.63, 3.8) is 0 Å². The zero-order valence-corrected chi connectivity index (χ0v) is 15.9. The van der Waals surface area contributed by atoms with Crippen molar-refractivity contribution in [1.29, 1.82) is 0 Å². The predicted octanol–water partition coefficient (Wildman–Crippen LogP) is 3.95. The van der Waals surface area contributed by atoms with Gasteiger partial charge in [0.15, 0.2) is 0 Å². The number of hydrogen-bond acceptors (Lipinski definition) is 3. The van der Waals surface area contributed by atoms with E-state index in [9.17, 15) is 13.2 Å². The second-order valence-corrected chi connectivity index (χ2v) is 8.43. The molecule has 1 saturated carbocycles. The Morgan fingerprint density at radius 2 is 1.59 bits per heavy atom. The molecule has 2 aromatic carbocycles. The SMILES string of the molecule is O=C(C=Cc1ccccc1)Nc1ccc(S(=O)(=O)NC2CCCCC2)cc1. The van der Waals surface area contributed by atoms with Crippen molar-refractivity contribution >= 4 is 27.7 Å². The monoisotopic (exact) mass is 384 g/mol. The second kappa shape index (κ2) is 8.97. The molecule has 27 heavy (non-hydrogen) atoms. The first kappa shape index (κ1) is 19.3. The number of carbonyl (C=O) groups excluding carboxylic acids is 1. The van der Waals surface area contributed by atoms with E-state index in [4.69, 9.17) is 0 Å². The fraction of sp³-hybridized carbons (Fsp3) is 0.286. The van der Waals surface area contributed by atoms with Crippen LogP contribution in [0.4, 0.5) is 5.69 Å². The molecule has 0 spiro atoms. The van der Waals surface area contributed by atoms with Crippen LogP contribution in [0.25, 0.3) is 6.08 Å². The van der Waals surface area contributed by atoms with Gasteiger partial charge in [-0.25, -0.2) is 13.1 Å². The van der Waals surface area contributed by atoms with Gasteiger partial charge in [0.05, 0.1) is 4.90 Å². The Kier molecular flexibility index (Phi) is 6.42.